The molecular weight excluding hydrogens is 292 g/mol. The van der Waals surface area contributed by atoms with Crippen LogP contribution in [-0.4, -0.2) is 52.7 Å². The first kappa shape index (κ1) is 16.0. The molecule has 1 fully saturated rings. The molecule has 5 N–H and O–H groups in total. The third-order valence-corrected chi connectivity index (χ3v) is 4.33. The average molecular weight is 314 g/mol. The van der Waals surface area contributed by atoms with Gasteiger partial charge < -0.3 is 15.8 Å². The fourth-order valence-electron chi connectivity index (χ4n) is 2.22. The molecule has 8 heteroatoms. The monoisotopic (exact) mass is 314 g/mol. The highest BCUT2D eigenvalue weighted by Gasteiger charge is 2.11. The van der Waals surface area contributed by atoms with Crippen LogP contribution in [0.2, 0.25) is 0 Å². The highest BCUT2D eigenvalue weighted by atomic mass is 32.2. The lowest BCUT2D eigenvalue weighted by Gasteiger charge is -2.26. The van der Waals surface area contributed by atoms with Crippen molar-refractivity contribution >= 4 is 21.4 Å². The lowest BCUT2D eigenvalue weighted by atomic mass is 10.2. The van der Waals surface area contributed by atoms with Crippen LogP contribution in [0.1, 0.15) is 6.42 Å². The number of hydrogen-bond acceptors (Lipinski definition) is 6. The van der Waals surface area contributed by atoms with Crippen LogP contribution in [0.4, 0.5) is 11.4 Å². The van der Waals surface area contributed by atoms with E-state index in [0.29, 0.717) is 11.4 Å². The van der Waals surface area contributed by atoms with Gasteiger partial charge in [0.1, 0.15) is 0 Å². The molecule has 0 atom stereocenters. The summed E-state index contributed by atoms with van der Waals surface area (Å²) in [5.41, 5.74) is 6.94. The van der Waals surface area contributed by atoms with Gasteiger partial charge in [0, 0.05) is 19.6 Å². The maximum absolute atomic E-state index is 11.3. The van der Waals surface area contributed by atoms with Crippen LogP contribution in [0.15, 0.2) is 23.1 Å². The molecular formula is C13H22N4O3S. The number of primary sulfonamides is 1. The Morgan fingerprint density at radius 1 is 1.29 bits per heavy atom. The van der Waals surface area contributed by atoms with Crippen molar-refractivity contribution in [3.8, 4) is 0 Å². The average Bonchev–Trinajstić information content (AvgIpc) is 2.45. The van der Waals surface area contributed by atoms with Crippen molar-refractivity contribution in [2.75, 3.05) is 50.4 Å². The SMILES string of the molecule is Nc1ccc(S(N)(=O)=O)cc1NCCCN1CCOCC1. The number of nitrogens with two attached hydrogens (primary N) is 2. The predicted octanol–water partition coefficient (Wildman–Crippen LogP) is 0.0504. The highest BCUT2D eigenvalue weighted by Crippen LogP contribution is 2.22. The molecule has 0 bridgehead atoms. The van der Waals surface area contributed by atoms with Gasteiger partial charge in [-0.25, -0.2) is 13.6 Å². The minimum Gasteiger partial charge on any atom is -0.397 e. The van der Waals surface area contributed by atoms with E-state index >= 15 is 0 Å². The van der Waals surface area contributed by atoms with Crippen molar-refractivity contribution in [2.24, 2.45) is 5.14 Å². The summed E-state index contributed by atoms with van der Waals surface area (Å²) < 4.78 is 27.9. The van der Waals surface area contributed by atoms with Crippen molar-refractivity contribution in [1.29, 1.82) is 0 Å². The smallest absolute Gasteiger partial charge is 0.238 e. The van der Waals surface area contributed by atoms with E-state index in [1.807, 2.05) is 0 Å². The predicted molar refractivity (Wildman–Crippen MR) is 82.6 cm³/mol. The molecule has 0 spiro atoms. The third-order valence-electron chi connectivity index (χ3n) is 3.42. The summed E-state index contributed by atoms with van der Waals surface area (Å²) in [5, 5.41) is 8.28. The van der Waals surface area contributed by atoms with Crippen molar-refractivity contribution in [3.63, 3.8) is 0 Å². The molecule has 118 valence electrons. The van der Waals surface area contributed by atoms with Crippen molar-refractivity contribution in [2.45, 2.75) is 11.3 Å². The molecule has 2 rings (SSSR count). The molecule has 0 saturated carbocycles. The first-order valence-corrected chi connectivity index (χ1v) is 8.48. The largest absolute Gasteiger partial charge is 0.397 e. The van der Waals surface area contributed by atoms with Crippen LogP contribution >= 0.6 is 0 Å². The fraction of sp³-hybridized carbons (Fsp3) is 0.538. The van der Waals surface area contributed by atoms with E-state index in [4.69, 9.17) is 15.6 Å². The van der Waals surface area contributed by atoms with Gasteiger partial charge in [0.05, 0.1) is 29.5 Å². The lowest BCUT2D eigenvalue weighted by Crippen LogP contribution is -2.37. The molecule has 1 aliphatic rings. The molecule has 1 heterocycles. The summed E-state index contributed by atoms with van der Waals surface area (Å²) in [6.07, 6.45) is 0.943. The number of nitrogens with one attached hydrogen (secondary N) is 1. The van der Waals surface area contributed by atoms with Gasteiger partial charge in [-0.05, 0) is 31.2 Å². The normalized spacial score (nSPS) is 16.8. The van der Waals surface area contributed by atoms with Crippen LogP contribution in [0.5, 0.6) is 0 Å². The highest BCUT2D eigenvalue weighted by molar-refractivity contribution is 7.89. The van der Waals surface area contributed by atoms with Crippen LogP contribution in [0.3, 0.4) is 0 Å². The van der Waals surface area contributed by atoms with E-state index < -0.39 is 10.0 Å². The summed E-state index contributed by atoms with van der Waals surface area (Å²) in [6.45, 7) is 5.19. The standard InChI is InChI=1S/C13H22N4O3S/c14-12-3-2-11(21(15,18)19)10-13(12)16-4-1-5-17-6-8-20-9-7-17/h2-3,10,16H,1,4-9,14H2,(H2,15,18,19). The molecule has 0 radical (unpaired) electrons. The van der Waals surface area contributed by atoms with Crippen LogP contribution in [0, 0.1) is 0 Å². The van der Waals surface area contributed by atoms with E-state index in [1.54, 1.807) is 6.07 Å². The van der Waals surface area contributed by atoms with Gasteiger partial charge in [0.25, 0.3) is 0 Å². The molecule has 0 amide bonds. The topological polar surface area (TPSA) is 111 Å². The maximum Gasteiger partial charge on any atom is 0.238 e. The summed E-state index contributed by atoms with van der Waals surface area (Å²) in [6, 6.07) is 4.42. The molecule has 1 aliphatic heterocycles. The second-order valence-corrected chi connectivity index (χ2v) is 6.59. The van der Waals surface area contributed by atoms with Gasteiger partial charge in [0.2, 0.25) is 10.0 Å². The zero-order chi connectivity index (χ0) is 15.3. The number of rotatable bonds is 6. The Balaban J connectivity index is 1.85. The van der Waals surface area contributed by atoms with E-state index in [0.717, 1.165) is 45.8 Å². The summed E-state index contributed by atoms with van der Waals surface area (Å²) in [7, 11) is -3.71. The summed E-state index contributed by atoms with van der Waals surface area (Å²) in [5.74, 6) is 0. The Bertz CT molecular complexity index is 571. The molecule has 21 heavy (non-hydrogen) atoms. The van der Waals surface area contributed by atoms with Gasteiger partial charge in [-0.1, -0.05) is 0 Å². The van der Waals surface area contributed by atoms with E-state index in [9.17, 15) is 8.42 Å². The number of sulfonamides is 1. The second-order valence-electron chi connectivity index (χ2n) is 5.03. The molecule has 7 nitrogen and oxygen atoms in total. The molecule has 1 saturated heterocycles. The summed E-state index contributed by atoms with van der Waals surface area (Å²) >= 11 is 0. The van der Waals surface area contributed by atoms with Gasteiger partial charge in [0.15, 0.2) is 0 Å². The van der Waals surface area contributed by atoms with Crippen molar-refractivity contribution in [1.82, 2.24) is 4.90 Å². The minimum atomic E-state index is -3.71. The number of nitrogens with zero attached hydrogens (tertiary/aromatic N) is 1. The van der Waals surface area contributed by atoms with E-state index in [2.05, 4.69) is 10.2 Å². The third kappa shape index (κ3) is 4.85. The van der Waals surface area contributed by atoms with E-state index in [-0.39, 0.29) is 4.90 Å². The Kier molecular flexibility index (Phi) is 5.40. The van der Waals surface area contributed by atoms with Gasteiger partial charge in [-0.3, -0.25) is 4.90 Å². The number of nitrogen functional groups attached to an aromatic ring is 1. The van der Waals surface area contributed by atoms with Crippen LogP contribution in [-0.2, 0) is 14.8 Å². The number of morpholine rings is 1. The zero-order valence-electron chi connectivity index (χ0n) is 11.9. The maximum atomic E-state index is 11.3. The lowest BCUT2D eigenvalue weighted by molar-refractivity contribution is 0.0378. The van der Waals surface area contributed by atoms with E-state index in [1.165, 1.54) is 12.1 Å². The first-order chi connectivity index (χ1) is 9.97. The molecule has 1 aromatic rings. The molecule has 0 aliphatic carbocycles. The Hall–Kier alpha value is -1.35. The first-order valence-electron chi connectivity index (χ1n) is 6.93. The molecule has 0 unspecified atom stereocenters. The molecule has 1 aromatic carbocycles. The Morgan fingerprint density at radius 3 is 2.67 bits per heavy atom. The van der Waals surface area contributed by atoms with Gasteiger partial charge in [-0.15, -0.1) is 0 Å². The van der Waals surface area contributed by atoms with Crippen molar-refractivity contribution in [3.05, 3.63) is 18.2 Å². The van der Waals surface area contributed by atoms with Gasteiger partial charge >= 0.3 is 0 Å². The van der Waals surface area contributed by atoms with Crippen molar-refractivity contribution < 1.29 is 13.2 Å². The number of ether oxygens (including phenoxy) is 1. The number of hydrogen-bond donors (Lipinski definition) is 3. The zero-order valence-corrected chi connectivity index (χ0v) is 12.7. The van der Waals surface area contributed by atoms with Gasteiger partial charge in [-0.2, -0.15) is 0 Å². The Labute approximate surface area is 125 Å². The second kappa shape index (κ2) is 7.08. The summed E-state index contributed by atoms with van der Waals surface area (Å²) in [4.78, 5) is 2.40. The number of anilines is 2. The number of benzene rings is 1. The Morgan fingerprint density at radius 2 is 2.00 bits per heavy atom. The molecule has 0 aromatic heterocycles. The quantitative estimate of drug-likeness (QED) is 0.505. The fourth-order valence-corrected chi connectivity index (χ4v) is 2.76. The van der Waals surface area contributed by atoms with Crippen LogP contribution < -0.4 is 16.2 Å². The minimum absolute atomic E-state index is 0.0624. The van der Waals surface area contributed by atoms with Crippen LogP contribution in [0.25, 0.3) is 0 Å².